The number of primary amides is 1. The van der Waals surface area contributed by atoms with Crippen molar-refractivity contribution >= 4 is 23.8 Å². The maximum atomic E-state index is 14.1. The Labute approximate surface area is 228 Å². The predicted molar refractivity (Wildman–Crippen MR) is 149 cm³/mol. The molecule has 0 aliphatic carbocycles. The molecule has 0 radical (unpaired) electrons. The van der Waals surface area contributed by atoms with E-state index in [-0.39, 0.29) is 18.7 Å². The third-order valence-electron chi connectivity index (χ3n) is 5.95. The van der Waals surface area contributed by atoms with Crippen LogP contribution in [0.5, 0.6) is 0 Å². The Morgan fingerprint density at radius 2 is 1.68 bits per heavy atom. The first kappa shape index (κ1) is 32.9. The molecule has 4 amide bonds. The fraction of sp³-hybridized carbons (Fsp3) is 0.655. The number of hydrogen-bond donors (Lipinski definition) is 3. The molecule has 1 aromatic rings. The van der Waals surface area contributed by atoms with E-state index in [0.717, 1.165) is 37.7 Å². The fourth-order valence-corrected chi connectivity index (χ4v) is 4.09. The summed E-state index contributed by atoms with van der Waals surface area (Å²) in [6.07, 6.45) is 4.46. The van der Waals surface area contributed by atoms with Gasteiger partial charge in [-0.2, -0.15) is 0 Å². The number of benzene rings is 1. The quantitative estimate of drug-likeness (QED) is 0.269. The SMILES string of the molecule is CCCCCNC(=O)C(c1cccc(C)c1)N(CCCCC)C(=O)C(CCC(N)=O)NC(=O)OC(C)(C)C. The number of nitrogens with one attached hydrogen (secondary N) is 2. The number of carbonyl (C=O) groups is 4. The van der Waals surface area contributed by atoms with E-state index < -0.39 is 35.6 Å². The van der Waals surface area contributed by atoms with E-state index >= 15 is 0 Å². The highest BCUT2D eigenvalue weighted by Crippen LogP contribution is 2.25. The van der Waals surface area contributed by atoms with Gasteiger partial charge in [0.2, 0.25) is 17.7 Å². The number of aryl methyl sites for hydroxylation is 1. The predicted octanol–water partition coefficient (Wildman–Crippen LogP) is 4.52. The van der Waals surface area contributed by atoms with Crippen LogP contribution in [0.1, 0.15) is 103 Å². The second-order valence-corrected chi connectivity index (χ2v) is 10.8. The van der Waals surface area contributed by atoms with Gasteiger partial charge in [0.15, 0.2) is 0 Å². The number of hydrogen-bond acceptors (Lipinski definition) is 5. The molecule has 0 aliphatic rings. The first-order valence-corrected chi connectivity index (χ1v) is 13.8. The molecule has 1 aromatic carbocycles. The molecule has 38 heavy (non-hydrogen) atoms. The molecule has 0 aromatic heterocycles. The highest BCUT2D eigenvalue weighted by atomic mass is 16.6. The second-order valence-electron chi connectivity index (χ2n) is 10.8. The molecule has 0 aliphatic heterocycles. The summed E-state index contributed by atoms with van der Waals surface area (Å²) in [6, 6.07) is 5.55. The molecule has 214 valence electrons. The number of unbranched alkanes of at least 4 members (excludes halogenated alkanes) is 4. The Hall–Kier alpha value is -3.10. The van der Waals surface area contributed by atoms with Crippen LogP contribution in [0.25, 0.3) is 0 Å². The van der Waals surface area contributed by atoms with Crippen molar-refractivity contribution in [2.75, 3.05) is 13.1 Å². The third-order valence-corrected chi connectivity index (χ3v) is 5.95. The van der Waals surface area contributed by atoms with Crippen LogP contribution in [0.3, 0.4) is 0 Å². The largest absolute Gasteiger partial charge is 0.444 e. The van der Waals surface area contributed by atoms with Gasteiger partial charge in [-0.05, 0) is 52.5 Å². The van der Waals surface area contributed by atoms with Crippen LogP contribution in [0, 0.1) is 6.92 Å². The Morgan fingerprint density at radius 1 is 1.03 bits per heavy atom. The van der Waals surface area contributed by atoms with Gasteiger partial charge in [-0.1, -0.05) is 69.4 Å². The Kier molecular flexibility index (Phi) is 14.5. The van der Waals surface area contributed by atoms with E-state index in [0.29, 0.717) is 25.1 Å². The van der Waals surface area contributed by atoms with Crippen molar-refractivity contribution in [1.82, 2.24) is 15.5 Å². The molecule has 0 spiro atoms. The van der Waals surface area contributed by atoms with Crippen molar-refractivity contribution in [2.24, 2.45) is 5.73 Å². The van der Waals surface area contributed by atoms with Gasteiger partial charge in [-0.15, -0.1) is 0 Å². The Balaban J connectivity index is 3.43. The van der Waals surface area contributed by atoms with E-state index in [1.54, 1.807) is 20.8 Å². The number of carbonyl (C=O) groups excluding carboxylic acids is 4. The monoisotopic (exact) mass is 532 g/mol. The zero-order valence-electron chi connectivity index (χ0n) is 24.1. The maximum absolute atomic E-state index is 14.1. The normalized spacial score (nSPS) is 12.8. The minimum atomic E-state index is -1.08. The first-order chi connectivity index (χ1) is 17.9. The summed E-state index contributed by atoms with van der Waals surface area (Å²) >= 11 is 0. The number of nitrogens with zero attached hydrogens (tertiary/aromatic N) is 1. The van der Waals surface area contributed by atoms with Crippen LogP contribution in [-0.4, -0.2) is 53.4 Å². The first-order valence-electron chi connectivity index (χ1n) is 13.8. The minimum Gasteiger partial charge on any atom is -0.444 e. The van der Waals surface area contributed by atoms with Crippen LogP contribution in [0.2, 0.25) is 0 Å². The second kappa shape index (κ2) is 16.7. The van der Waals surface area contributed by atoms with Crippen LogP contribution >= 0.6 is 0 Å². The molecule has 2 atom stereocenters. The van der Waals surface area contributed by atoms with E-state index in [4.69, 9.17) is 10.5 Å². The van der Waals surface area contributed by atoms with Crippen LogP contribution in [-0.2, 0) is 19.1 Å². The van der Waals surface area contributed by atoms with Gasteiger partial charge < -0.3 is 26.0 Å². The van der Waals surface area contributed by atoms with Crippen molar-refractivity contribution in [1.29, 1.82) is 0 Å². The summed E-state index contributed by atoms with van der Waals surface area (Å²) in [6.45, 7) is 12.1. The smallest absolute Gasteiger partial charge is 0.408 e. The lowest BCUT2D eigenvalue weighted by Gasteiger charge is -2.34. The lowest BCUT2D eigenvalue weighted by atomic mass is 9.99. The van der Waals surface area contributed by atoms with Gasteiger partial charge in [-0.3, -0.25) is 14.4 Å². The molecule has 9 nitrogen and oxygen atoms in total. The topological polar surface area (TPSA) is 131 Å². The number of amides is 4. The van der Waals surface area contributed by atoms with Gasteiger partial charge in [0.1, 0.15) is 17.7 Å². The van der Waals surface area contributed by atoms with E-state index in [2.05, 4.69) is 24.5 Å². The average Bonchev–Trinajstić information content (AvgIpc) is 2.82. The van der Waals surface area contributed by atoms with E-state index in [9.17, 15) is 19.2 Å². The lowest BCUT2D eigenvalue weighted by molar-refractivity contribution is -0.142. The number of rotatable bonds is 16. The third kappa shape index (κ3) is 12.4. The molecule has 0 saturated carbocycles. The van der Waals surface area contributed by atoms with Crippen molar-refractivity contribution in [3.63, 3.8) is 0 Å². The van der Waals surface area contributed by atoms with Crippen LogP contribution in [0.15, 0.2) is 24.3 Å². The molecule has 0 bridgehead atoms. The minimum absolute atomic E-state index is 0.00363. The number of ether oxygens (including phenoxy) is 1. The zero-order valence-corrected chi connectivity index (χ0v) is 24.1. The zero-order chi connectivity index (χ0) is 28.7. The highest BCUT2D eigenvalue weighted by Gasteiger charge is 2.36. The van der Waals surface area contributed by atoms with E-state index in [1.807, 2.05) is 31.2 Å². The standard InChI is InChI=1S/C29H48N4O5/c1-7-9-11-18-31-26(35)25(22-15-13-14-21(3)20-22)33(19-12-10-8-2)27(36)23(16-17-24(30)34)32-28(37)38-29(4,5)6/h13-15,20,23,25H,7-12,16-19H2,1-6H3,(H2,30,34)(H,31,35)(H,32,37). The molecule has 0 heterocycles. The molecule has 4 N–H and O–H groups in total. The van der Waals surface area contributed by atoms with E-state index in [1.165, 1.54) is 4.90 Å². The van der Waals surface area contributed by atoms with Gasteiger partial charge in [-0.25, -0.2) is 4.79 Å². The van der Waals surface area contributed by atoms with Crippen molar-refractivity contribution in [3.8, 4) is 0 Å². The average molecular weight is 533 g/mol. The molecular weight excluding hydrogens is 484 g/mol. The van der Waals surface area contributed by atoms with Crippen LogP contribution in [0.4, 0.5) is 4.79 Å². The van der Waals surface area contributed by atoms with Gasteiger partial charge >= 0.3 is 6.09 Å². The van der Waals surface area contributed by atoms with Crippen molar-refractivity contribution in [3.05, 3.63) is 35.4 Å². The lowest BCUT2D eigenvalue weighted by Crippen LogP contribution is -2.53. The maximum Gasteiger partial charge on any atom is 0.408 e. The molecule has 9 heteroatoms. The number of nitrogens with two attached hydrogens (primary N) is 1. The fourth-order valence-electron chi connectivity index (χ4n) is 4.09. The molecular formula is C29H48N4O5. The summed E-state index contributed by atoms with van der Waals surface area (Å²) in [5.41, 5.74) is 6.25. The van der Waals surface area contributed by atoms with Gasteiger partial charge in [0.05, 0.1) is 0 Å². The molecule has 2 unspecified atom stereocenters. The van der Waals surface area contributed by atoms with Gasteiger partial charge in [0.25, 0.3) is 0 Å². The van der Waals surface area contributed by atoms with Gasteiger partial charge in [0, 0.05) is 19.5 Å². The van der Waals surface area contributed by atoms with Crippen molar-refractivity contribution < 1.29 is 23.9 Å². The number of alkyl carbamates (subject to hydrolysis) is 1. The highest BCUT2D eigenvalue weighted by molar-refractivity contribution is 5.92. The Bertz CT molecular complexity index is 912. The summed E-state index contributed by atoms with van der Waals surface area (Å²) in [5, 5.41) is 5.63. The van der Waals surface area contributed by atoms with Crippen molar-refractivity contribution in [2.45, 2.75) is 111 Å². The summed E-state index contributed by atoms with van der Waals surface area (Å²) in [7, 11) is 0. The molecule has 1 rings (SSSR count). The van der Waals surface area contributed by atoms with Crippen LogP contribution < -0.4 is 16.4 Å². The molecule has 0 saturated heterocycles. The summed E-state index contributed by atoms with van der Waals surface area (Å²) < 4.78 is 5.37. The molecule has 0 fully saturated rings. The summed E-state index contributed by atoms with van der Waals surface area (Å²) in [5.74, 6) is -1.32. The Morgan fingerprint density at radius 3 is 2.26 bits per heavy atom. The summed E-state index contributed by atoms with van der Waals surface area (Å²) in [4.78, 5) is 53.4.